The number of nitrogens with one attached hydrogen (secondary N) is 1. The lowest BCUT2D eigenvalue weighted by Crippen LogP contribution is -2.49. The standard InChI is InChI=1S/C19H32N4O/c1-5-23-13-7-6-8-17(23)14-21-19(20-2)22(3)15-16-9-11-18(24-4)12-10-16/h9-12,17H,5-8,13-15H2,1-4H3,(H,20,21). The lowest BCUT2D eigenvalue weighted by Gasteiger charge is -2.35. The summed E-state index contributed by atoms with van der Waals surface area (Å²) in [5.74, 6) is 1.84. The molecule has 1 N–H and O–H groups in total. The van der Waals surface area contributed by atoms with Gasteiger partial charge in [-0.1, -0.05) is 25.5 Å². The number of rotatable bonds is 6. The zero-order valence-electron chi connectivity index (χ0n) is 15.6. The molecule has 2 rings (SSSR count). The molecule has 134 valence electrons. The van der Waals surface area contributed by atoms with E-state index in [1.54, 1.807) is 7.11 Å². The molecule has 1 fully saturated rings. The number of benzene rings is 1. The lowest BCUT2D eigenvalue weighted by atomic mass is 10.0. The minimum absolute atomic E-state index is 0.620. The van der Waals surface area contributed by atoms with E-state index in [0.29, 0.717) is 6.04 Å². The summed E-state index contributed by atoms with van der Waals surface area (Å²) >= 11 is 0. The topological polar surface area (TPSA) is 40.1 Å². The van der Waals surface area contributed by atoms with Gasteiger partial charge in [0.25, 0.3) is 0 Å². The number of methoxy groups -OCH3 is 1. The van der Waals surface area contributed by atoms with E-state index in [2.05, 4.69) is 46.2 Å². The Kier molecular flexibility index (Phi) is 7.37. The number of piperidine rings is 1. The molecule has 5 nitrogen and oxygen atoms in total. The van der Waals surface area contributed by atoms with Gasteiger partial charge in [-0.25, -0.2) is 0 Å². The average Bonchev–Trinajstić information content (AvgIpc) is 2.63. The first-order valence-electron chi connectivity index (χ1n) is 8.96. The molecule has 1 aliphatic heterocycles. The quantitative estimate of drug-likeness (QED) is 0.642. The molecule has 0 amide bonds. The minimum Gasteiger partial charge on any atom is -0.497 e. The van der Waals surface area contributed by atoms with Gasteiger partial charge in [0.05, 0.1) is 7.11 Å². The number of nitrogens with zero attached hydrogens (tertiary/aromatic N) is 3. The molecule has 1 aliphatic rings. The summed E-state index contributed by atoms with van der Waals surface area (Å²) in [5, 5.41) is 3.56. The number of hydrogen-bond acceptors (Lipinski definition) is 3. The van der Waals surface area contributed by atoms with Gasteiger partial charge >= 0.3 is 0 Å². The minimum atomic E-state index is 0.620. The number of aliphatic imine (C=N–C) groups is 1. The molecule has 1 atom stereocenters. The Balaban J connectivity index is 1.87. The predicted molar refractivity (Wildman–Crippen MR) is 101 cm³/mol. The zero-order valence-corrected chi connectivity index (χ0v) is 15.6. The SMILES string of the molecule is CCN1CCCCC1CNC(=NC)N(C)Cc1ccc(OC)cc1. The first-order chi connectivity index (χ1) is 11.7. The van der Waals surface area contributed by atoms with Crippen LogP contribution >= 0.6 is 0 Å². The van der Waals surface area contributed by atoms with Crippen LogP contribution in [0, 0.1) is 0 Å². The molecule has 1 heterocycles. The van der Waals surface area contributed by atoms with Crippen LogP contribution in [-0.4, -0.2) is 62.6 Å². The molecular weight excluding hydrogens is 300 g/mol. The van der Waals surface area contributed by atoms with Crippen LogP contribution in [0.3, 0.4) is 0 Å². The van der Waals surface area contributed by atoms with Crippen LogP contribution in [0.25, 0.3) is 0 Å². The maximum Gasteiger partial charge on any atom is 0.193 e. The molecule has 0 aliphatic carbocycles. The molecule has 0 saturated carbocycles. The van der Waals surface area contributed by atoms with Crippen LogP contribution in [0.5, 0.6) is 5.75 Å². The third-order valence-corrected chi connectivity index (χ3v) is 4.80. The monoisotopic (exact) mass is 332 g/mol. The van der Waals surface area contributed by atoms with Crippen LogP contribution in [0.15, 0.2) is 29.3 Å². The normalized spacial score (nSPS) is 19.2. The summed E-state index contributed by atoms with van der Waals surface area (Å²) in [6, 6.07) is 8.82. The average molecular weight is 332 g/mol. The van der Waals surface area contributed by atoms with Crippen molar-refractivity contribution in [3.63, 3.8) is 0 Å². The molecule has 1 aromatic rings. The highest BCUT2D eigenvalue weighted by Crippen LogP contribution is 2.16. The second-order valence-corrected chi connectivity index (χ2v) is 6.41. The second-order valence-electron chi connectivity index (χ2n) is 6.41. The Morgan fingerprint density at radius 2 is 2.08 bits per heavy atom. The Labute approximate surface area is 146 Å². The van der Waals surface area contributed by atoms with Crippen molar-refractivity contribution in [1.29, 1.82) is 0 Å². The first-order valence-corrected chi connectivity index (χ1v) is 8.96. The number of ether oxygens (including phenoxy) is 1. The number of likely N-dealkylation sites (N-methyl/N-ethyl adjacent to an activating group) is 1. The fourth-order valence-corrected chi connectivity index (χ4v) is 3.38. The van der Waals surface area contributed by atoms with E-state index in [9.17, 15) is 0 Å². The number of hydrogen-bond donors (Lipinski definition) is 1. The van der Waals surface area contributed by atoms with E-state index in [1.807, 2.05) is 19.2 Å². The lowest BCUT2D eigenvalue weighted by molar-refractivity contribution is 0.156. The van der Waals surface area contributed by atoms with Crippen molar-refractivity contribution in [1.82, 2.24) is 15.1 Å². The Morgan fingerprint density at radius 1 is 1.33 bits per heavy atom. The van der Waals surface area contributed by atoms with E-state index in [-0.39, 0.29) is 0 Å². The van der Waals surface area contributed by atoms with Crippen molar-refractivity contribution in [3.05, 3.63) is 29.8 Å². The van der Waals surface area contributed by atoms with E-state index in [1.165, 1.54) is 31.4 Å². The molecule has 1 unspecified atom stereocenters. The van der Waals surface area contributed by atoms with Crippen molar-refractivity contribution in [2.45, 2.75) is 38.8 Å². The van der Waals surface area contributed by atoms with Crippen molar-refractivity contribution in [2.24, 2.45) is 4.99 Å². The number of likely N-dealkylation sites (tertiary alicyclic amines) is 1. The second kappa shape index (κ2) is 9.52. The summed E-state index contributed by atoms with van der Waals surface area (Å²) in [6.07, 6.45) is 3.94. The van der Waals surface area contributed by atoms with Crippen LogP contribution < -0.4 is 10.1 Å². The molecule has 5 heteroatoms. The predicted octanol–water partition coefficient (Wildman–Crippen LogP) is 2.58. The summed E-state index contributed by atoms with van der Waals surface area (Å²) in [7, 11) is 5.63. The summed E-state index contributed by atoms with van der Waals surface area (Å²) in [4.78, 5) is 9.19. The zero-order chi connectivity index (χ0) is 17.4. The Hall–Kier alpha value is -1.75. The van der Waals surface area contributed by atoms with Gasteiger partial charge in [-0.05, 0) is 43.6 Å². The van der Waals surface area contributed by atoms with E-state index >= 15 is 0 Å². The van der Waals surface area contributed by atoms with E-state index in [0.717, 1.165) is 31.3 Å². The van der Waals surface area contributed by atoms with Crippen LogP contribution in [0.1, 0.15) is 31.7 Å². The van der Waals surface area contributed by atoms with Crippen molar-refractivity contribution < 1.29 is 4.74 Å². The summed E-state index contributed by atoms with van der Waals surface area (Å²) < 4.78 is 5.21. The number of guanidine groups is 1. The van der Waals surface area contributed by atoms with Gasteiger partial charge in [-0.2, -0.15) is 0 Å². The highest BCUT2D eigenvalue weighted by atomic mass is 16.5. The molecule has 0 bridgehead atoms. The summed E-state index contributed by atoms with van der Waals surface area (Å²) in [6.45, 7) is 6.40. The van der Waals surface area contributed by atoms with E-state index in [4.69, 9.17) is 4.74 Å². The maximum atomic E-state index is 5.21. The third-order valence-electron chi connectivity index (χ3n) is 4.80. The van der Waals surface area contributed by atoms with E-state index < -0.39 is 0 Å². The van der Waals surface area contributed by atoms with Crippen molar-refractivity contribution in [2.75, 3.05) is 40.8 Å². The molecule has 0 spiro atoms. The molecule has 24 heavy (non-hydrogen) atoms. The van der Waals surface area contributed by atoms with Gasteiger partial charge in [-0.15, -0.1) is 0 Å². The van der Waals surface area contributed by atoms with Gasteiger partial charge < -0.3 is 15.0 Å². The smallest absolute Gasteiger partial charge is 0.193 e. The largest absolute Gasteiger partial charge is 0.497 e. The molecule has 0 radical (unpaired) electrons. The van der Waals surface area contributed by atoms with Crippen molar-refractivity contribution >= 4 is 5.96 Å². The highest BCUT2D eigenvalue weighted by molar-refractivity contribution is 5.79. The Morgan fingerprint density at radius 3 is 2.71 bits per heavy atom. The fraction of sp³-hybridized carbons (Fsp3) is 0.632. The third kappa shape index (κ3) is 5.13. The van der Waals surface area contributed by atoms with Gasteiger partial charge in [0.15, 0.2) is 5.96 Å². The molecule has 1 saturated heterocycles. The van der Waals surface area contributed by atoms with Gasteiger partial charge in [-0.3, -0.25) is 9.89 Å². The fourth-order valence-electron chi connectivity index (χ4n) is 3.38. The van der Waals surface area contributed by atoms with Gasteiger partial charge in [0, 0.05) is 33.2 Å². The van der Waals surface area contributed by atoms with Crippen LogP contribution in [0.2, 0.25) is 0 Å². The van der Waals surface area contributed by atoms with Crippen molar-refractivity contribution in [3.8, 4) is 5.75 Å². The molecule has 0 aromatic heterocycles. The van der Waals surface area contributed by atoms with Gasteiger partial charge in [0.2, 0.25) is 0 Å². The first kappa shape index (κ1) is 18.6. The van der Waals surface area contributed by atoms with Gasteiger partial charge in [0.1, 0.15) is 5.75 Å². The van der Waals surface area contributed by atoms with Crippen LogP contribution in [-0.2, 0) is 6.54 Å². The maximum absolute atomic E-state index is 5.21. The highest BCUT2D eigenvalue weighted by Gasteiger charge is 2.21. The molecule has 1 aromatic carbocycles. The van der Waals surface area contributed by atoms with Crippen LogP contribution in [0.4, 0.5) is 0 Å². The Bertz CT molecular complexity index is 515. The summed E-state index contributed by atoms with van der Waals surface area (Å²) in [5.41, 5.74) is 1.24. The molecular formula is C19H32N4O.